The highest BCUT2D eigenvalue weighted by atomic mass is 16.5. The summed E-state index contributed by atoms with van der Waals surface area (Å²) in [6.07, 6.45) is 0. The Hall–Kier alpha value is -2.93. The van der Waals surface area contributed by atoms with Crippen LogP contribution in [0.15, 0.2) is 36.4 Å². The van der Waals surface area contributed by atoms with Gasteiger partial charge in [0.2, 0.25) is 5.75 Å². The van der Waals surface area contributed by atoms with Crippen LogP contribution < -0.4 is 29.2 Å². The van der Waals surface area contributed by atoms with Gasteiger partial charge in [-0.25, -0.2) is 0 Å². The zero-order valence-electron chi connectivity index (χ0n) is 17.1. The van der Waals surface area contributed by atoms with E-state index in [9.17, 15) is 4.79 Å². The van der Waals surface area contributed by atoms with Gasteiger partial charge >= 0.3 is 0 Å². The molecule has 0 aliphatic carbocycles. The first-order valence-corrected chi connectivity index (χ1v) is 9.00. The first-order valence-electron chi connectivity index (χ1n) is 9.00. The van der Waals surface area contributed by atoms with Crippen molar-refractivity contribution in [2.24, 2.45) is 0 Å². The van der Waals surface area contributed by atoms with Crippen molar-refractivity contribution >= 4 is 5.91 Å². The number of ether oxygens (including phenoxy) is 4. The van der Waals surface area contributed by atoms with Gasteiger partial charge in [0, 0.05) is 12.1 Å². The Morgan fingerprint density at radius 1 is 0.893 bits per heavy atom. The molecule has 0 aromatic heterocycles. The van der Waals surface area contributed by atoms with Crippen molar-refractivity contribution in [3.63, 3.8) is 0 Å². The van der Waals surface area contributed by atoms with Crippen molar-refractivity contribution in [2.75, 3.05) is 42.0 Å². The fraction of sp³-hybridized carbons (Fsp3) is 0.381. The molecule has 0 radical (unpaired) electrons. The summed E-state index contributed by atoms with van der Waals surface area (Å²) < 4.78 is 21.2. The molecule has 7 heteroatoms. The van der Waals surface area contributed by atoms with Crippen LogP contribution in [0.3, 0.4) is 0 Å². The maximum atomic E-state index is 12.3. The molecule has 0 aliphatic heterocycles. The van der Waals surface area contributed by atoms with Gasteiger partial charge in [-0.3, -0.25) is 4.79 Å². The van der Waals surface area contributed by atoms with Crippen LogP contribution >= 0.6 is 0 Å². The van der Waals surface area contributed by atoms with Crippen molar-refractivity contribution in [3.05, 3.63) is 47.5 Å². The number of rotatable bonds is 10. The number of carbonyl (C=O) groups is 1. The van der Waals surface area contributed by atoms with Crippen molar-refractivity contribution in [1.29, 1.82) is 0 Å². The van der Waals surface area contributed by atoms with E-state index in [1.807, 2.05) is 43.4 Å². The Kier molecular flexibility index (Phi) is 7.95. The van der Waals surface area contributed by atoms with E-state index in [-0.39, 0.29) is 5.91 Å². The molecule has 0 spiro atoms. The molecule has 1 amide bonds. The smallest absolute Gasteiger partial charge is 0.275 e. The summed E-state index contributed by atoms with van der Waals surface area (Å²) in [5.74, 6) is 2.45. The third-order valence-corrected chi connectivity index (χ3v) is 4.34. The SMILES string of the molecule is COc1ccc(C[NH+](C)CC(=O)NCc2cc(OC)c(OC)c(OC)c2)cc1. The first-order chi connectivity index (χ1) is 13.5. The molecule has 0 saturated carbocycles. The fourth-order valence-corrected chi connectivity index (χ4v) is 2.93. The molecule has 1 unspecified atom stereocenters. The van der Waals surface area contributed by atoms with Gasteiger partial charge in [-0.2, -0.15) is 0 Å². The van der Waals surface area contributed by atoms with Crippen LogP contribution in [0.25, 0.3) is 0 Å². The van der Waals surface area contributed by atoms with Gasteiger partial charge in [0.15, 0.2) is 18.0 Å². The Morgan fingerprint density at radius 2 is 1.50 bits per heavy atom. The van der Waals surface area contributed by atoms with Crippen molar-refractivity contribution in [1.82, 2.24) is 5.32 Å². The average Bonchev–Trinajstić information content (AvgIpc) is 2.71. The Labute approximate surface area is 166 Å². The lowest BCUT2D eigenvalue weighted by Crippen LogP contribution is -3.08. The molecule has 0 heterocycles. The van der Waals surface area contributed by atoms with Crippen molar-refractivity contribution < 1.29 is 28.6 Å². The average molecular weight is 389 g/mol. The van der Waals surface area contributed by atoms with Crippen LogP contribution in [-0.4, -0.2) is 47.9 Å². The number of quaternary nitrogens is 1. The summed E-state index contributed by atoms with van der Waals surface area (Å²) in [7, 11) is 8.32. The monoisotopic (exact) mass is 389 g/mol. The van der Waals surface area contributed by atoms with Crippen LogP contribution in [0.2, 0.25) is 0 Å². The summed E-state index contributed by atoms with van der Waals surface area (Å²) in [4.78, 5) is 13.4. The van der Waals surface area contributed by atoms with E-state index in [0.717, 1.165) is 28.3 Å². The normalized spacial score (nSPS) is 11.5. The van der Waals surface area contributed by atoms with Gasteiger partial charge in [0.1, 0.15) is 12.3 Å². The third-order valence-electron chi connectivity index (χ3n) is 4.34. The molecule has 0 bridgehead atoms. The van der Waals surface area contributed by atoms with E-state index in [1.54, 1.807) is 28.4 Å². The molecular formula is C21H29N2O5+. The van der Waals surface area contributed by atoms with E-state index < -0.39 is 0 Å². The zero-order valence-corrected chi connectivity index (χ0v) is 17.1. The number of methoxy groups -OCH3 is 4. The number of likely N-dealkylation sites (N-methyl/N-ethyl adjacent to an activating group) is 1. The molecular weight excluding hydrogens is 360 g/mol. The highest BCUT2D eigenvalue weighted by Gasteiger charge is 2.15. The molecule has 2 rings (SSSR count). The molecule has 0 fully saturated rings. The van der Waals surface area contributed by atoms with Gasteiger partial charge in [-0.15, -0.1) is 0 Å². The van der Waals surface area contributed by atoms with Crippen LogP contribution in [0.5, 0.6) is 23.0 Å². The van der Waals surface area contributed by atoms with Crippen LogP contribution in [0.1, 0.15) is 11.1 Å². The second-order valence-corrected chi connectivity index (χ2v) is 6.47. The minimum Gasteiger partial charge on any atom is -0.497 e. The maximum Gasteiger partial charge on any atom is 0.275 e. The highest BCUT2D eigenvalue weighted by molar-refractivity contribution is 5.76. The van der Waals surface area contributed by atoms with Gasteiger partial charge in [0.25, 0.3) is 5.91 Å². The first kappa shape index (κ1) is 21.4. The standard InChI is InChI=1S/C21H28N2O5/c1-23(13-15-6-8-17(25-2)9-7-15)14-20(24)22-12-16-10-18(26-3)21(28-5)19(11-16)27-4/h6-11H,12-14H2,1-5H3,(H,22,24)/p+1. The number of benzene rings is 2. The number of hydrogen-bond acceptors (Lipinski definition) is 5. The quantitative estimate of drug-likeness (QED) is 0.636. The lowest BCUT2D eigenvalue weighted by atomic mass is 10.1. The maximum absolute atomic E-state index is 12.3. The minimum atomic E-state index is -0.0280. The van der Waals surface area contributed by atoms with Crippen LogP contribution in [0, 0.1) is 0 Å². The summed E-state index contributed by atoms with van der Waals surface area (Å²) in [5, 5.41) is 2.94. The van der Waals surface area contributed by atoms with Gasteiger partial charge < -0.3 is 29.2 Å². The number of amides is 1. The second kappa shape index (κ2) is 10.4. The zero-order chi connectivity index (χ0) is 20.5. The van der Waals surface area contributed by atoms with Gasteiger partial charge in [-0.1, -0.05) is 0 Å². The van der Waals surface area contributed by atoms with Crippen molar-refractivity contribution in [3.8, 4) is 23.0 Å². The molecule has 152 valence electrons. The molecule has 28 heavy (non-hydrogen) atoms. The van der Waals surface area contributed by atoms with E-state index in [2.05, 4.69) is 5.32 Å². The summed E-state index contributed by atoms with van der Waals surface area (Å²) in [6.45, 7) is 1.50. The number of nitrogens with one attached hydrogen (secondary N) is 2. The summed E-state index contributed by atoms with van der Waals surface area (Å²) in [6, 6.07) is 11.5. The Bertz CT molecular complexity index is 752. The molecule has 0 aliphatic rings. The van der Waals surface area contributed by atoms with E-state index in [4.69, 9.17) is 18.9 Å². The van der Waals surface area contributed by atoms with Gasteiger partial charge in [-0.05, 0) is 42.0 Å². The molecule has 2 N–H and O–H groups in total. The topological polar surface area (TPSA) is 70.5 Å². The summed E-state index contributed by atoms with van der Waals surface area (Å²) in [5.41, 5.74) is 2.02. The van der Waals surface area contributed by atoms with Crippen LogP contribution in [0.4, 0.5) is 0 Å². The number of carbonyl (C=O) groups excluding carboxylic acids is 1. The largest absolute Gasteiger partial charge is 0.497 e. The summed E-state index contributed by atoms with van der Waals surface area (Å²) >= 11 is 0. The second-order valence-electron chi connectivity index (χ2n) is 6.47. The Morgan fingerprint density at radius 3 is 2.00 bits per heavy atom. The fourth-order valence-electron chi connectivity index (χ4n) is 2.93. The van der Waals surface area contributed by atoms with E-state index in [1.165, 1.54) is 0 Å². The Balaban J connectivity index is 1.90. The molecule has 0 saturated heterocycles. The van der Waals surface area contributed by atoms with Crippen molar-refractivity contribution in [2.45, 2.75) is 13.1 Å². The van der Waals surface area contributed by atoms with Gasteiger partial charge in [0.05, 0.1) is 35.5 Å². The molecule has 2 aromatic carbocycles. The minimum absolute atomic E-state index is 0.0280. The van der Waals surface area contributed by atoms with Crippen LogP contribution in [-0.2, 0) is 17.9 Å². The predicted molar refractivity (Wildman–Crippen MR) is 106 cm³/mol. The molecule has 7 nitrogen and oxygen atoms in total. The predicted octanol–water partition coefficient (Wildman–Crippen LogP) is 1.05. The highest BCUT2D eigenvalue weighted by Crippen LogP contribution is 2.38. The molecule has 2 aromatic rings. The third kappa shape index (κ3) is 5.79. The lowest BCUT2D eigenvalue weighted by molar-refractivity contribution is -0.885. The molecule has 1 atom stereocenters. The lowest BCUT2D eigenvalue weighted by Gasteiger charge is -2.16. The number of hydrogen-bond donors (Lipinski definition) is 2. The van der Waals surface area contributed by atoms with E-state index in [0.29, 0.717) is 30.3 Å². The van der Waals surface area contributed by atoms with E-state index >= 15 is 0 Å².